The number of carbonyl (C=O) groups excluding carboxylic acids is 3. The van der Waals surface area contributed by atoms with Crippen molar-refractivity contribution in [2.75, 3.05) is 19.8 Å². The minimum Gasteiger partial charge on any atom is -0.465 e. The fraction of sp³-hybridized carbons (Fsp3) is 0.606. The van der Waals surface area contributed by atoms with Crippen molar-refractivity contribution in [3.63, 3.8) is 0 Å². The molecule has 8 heteroatoms. The normalized spacial score (nSPS) is 27.9. The molecule has 0 aromatic heterocycles. The van der Waals surface area contributed by atoms with Gasteiger partial charge in [-0.05, 0) is 50.5 Å². The molecule has 0 radical (unpaired) electrons. The number of aliphatic hydroxyl groups is 1. The Bertz CT molecular complexity index is 1160. The van der Waals surface area contributed by atoms with Gasteiger partial charge in [0, 0.05) is 12.1 Å². The first kappa shape index (κ1) is 31.0. The van der Waals surface area contributed by atoms with Crippen molar-refractivity contribution in [2.24, 2.45) is 17.3 Å². The Hall–Kier alpha value is -2.97. The van der Waals surface area contributed by atoms with Crippen LogP contribution in [0.25, 0.3) is 0 Å². The number of hydrogen-bond donors (Lipinski definition) is 1. The number of esters is 1. The molecular weight excluding hydrogens is 520 g/mol. The molecule has 41 heavy (non-hydrogen) atoms. The SMILES string of the molecule is C=CCCOC(=O)[C@@H]1[C@@H]2CCC3(O2)C(C(=O)N(CC=C)C(C)(C)CC(C)(C)C)N([C@H](CO)c2ccccc2)C(=O)[C@H]13. The van der Waals surface area contributed by atoms with Crippen LogP contribution in [0.4, 0.5) is 0 Å². The quantitative estimate of drug-likeness (QED) is 0.228. The zero-order valence-corrected chi connectivity index (χ0v) is 25.2. The second-order valence-electron chi connectivity index (χ2n) is 13.4. The number of rotatable bonds is 12. The first-order valence-corrected chi connectivity index (χ1v) is 14.7. The highest BCUT2D eigenvalue weighted by Crippen LogP contribution is 2.60. The van der Waals surface area contributed by atoms with Gasteiger partial charge in [-0.3, -0.25) is 14.4 Å². The molecule has 3 fully saturated rings. The first-order chi connectivity index (χ1) is 19.3. The number of aliphatic hydroxyl groups excluding tert-OH is 1. The van der Waals surface area contributed by atoms with E-state index < -0.39 is 47.1 Å². The largest absolute Gasteiger partial charge is 0.465 e. The molecule has 4 rings (SSSR count). The second kappa shape index (κ2) is 11.7. The average Bonchev–Trinajstić information content (AvgIpc) is 3.54. The van der Waals surface area contributed by atoms with E-state index in [2.05, 4.69) is 33.9 Å². The van der Waals surface area contributed by atoms with Crippen LogP contribution >= 0.6 is 0 Å². The Morgan fingerprint density at radius 3 is 2.46 bits per heavy atom. The number of nitrogens with zero attached hydrogens (tertiary/aromatic N) is 2. The molecule has 2 amide bonds. The van der Waals surface area contributed by atoms with Gasteiger partial charge in [-0.15, -0.1) is 13.2 Å². The van der Waals surface area contributed by atoms with Crippen LogP contribution in [0.2, 0.25) is 0 Å². The van der Waals surface area contributed by atoms with E-state index in [4.69, 9.17) is 9.47 Å². The van der Waals surface area contributed by atoms with E-state index in [1.54, 1.807) is 17.1 Å². The lowest BCUT2D eigenvalue weighted by atomic mass is 9.70. The number of amides is 2. The molecule has 224 valence electrons. The van der Waals surface area contributed by atoms with Crippen LogP contribution in [0.3, 0.4) is 0 Å². The lowest BCUT2D eigenvalue weighted by Crippen LogP contribution is -2.61. The first-order valence-electron chi connectivity index (χ1n) is 14.7. The summed E-state index contributed by atoms with van der Waals surface area (Å²) in [5, 5.41) is 10.7. The number of fused-ring (bicyclic) bond motifs is 1. The fourth-order valence-electron chi connectivity index (χ4n) is 7.65. The molecule has 2 unspecified atom stereocenters. The number of benzene rings is 1. The highest BCUT2D eigenvalue weighted by atomic mass is 16.6. The van der Waals surface area contributed by atoms with Crippen LogP contribution in [0.15, 0.2) is 55.6 Å². The third kappa shape index (κ3) is 5.61. The molecule has 1 spiro atoms. The molecule has 3 aliphatic heterocycles. The highest BCUT2D eigenvalue weighted by molar-refractivity contribution is 5.98. The van der Waals surface area contributed by atoms with Gasteiger partial charge in [0.15, 0.2) is 0 Å². The van der Waals surface area contributed by atoms with Crippen LogP contribution in [-0.2, 0) is 23.9 Å². The summed E-state index contributed by atoms with van der Waals surface area (Å²) in [6, 6.07) is 7.42. The van der Waals surface area contributed by atoms with Crippen LogP contribution in [-0.4, -0.2) is 75.7 Å². The number of ether oxygens (including phenoxy) is 2. The summed E-state index contributed by atoms with van der Waals surface area (Å²) in [5.41, 5.74) is -1.13. The smallest absolute Gasteiger partial charge is 0.312 e. The maximum Gasteiger partial charge on any atom is 0.312 e. The predicted octanol–water partition coefficient (Wildman–Crippen LogP) is 4.44. The van der Waals surface area contributed by atoms with Crippen LogP contribution < -0.4 is 0 Å². The Labute approximate surface area is 244 Å². The minimum absolute atomic E-state index is 0.0739. The highest BCUT2D eigenvalue weighted by Gasteiger charge is 2.76. The van der Waals surface area contributed by atoms with Gasteiger partial charge in [-0.2, -0.15) is 0 Å². The molecule has 3 heterocycles. The molecule has 0 aliphatic carbocycles. The van der Waals surface area contributed by atoms with Gasteiger partial charge < -0.3 is 24.4 Å². The molecule has 1 N–H and O–H groups in total. The number of carbonyl (C=O) groups is 3. The summed E-state index contributed by atoms with van der Waals surface area (Å²) < 4.78 is 12.1. The zero-order chi connectivity index (χ0) is 30.2. The van der Waals surface area contributed by atoms with Crippen molar-refractivity contribution in [1.82, 2.24) is 9.80 Å². The van der Waals surface area contributed by atoms with Gasteiger partial charge >= 0.3 is 5.97 Å². The van der Waals surface area contributed by atoms with Crippen molar-refractivity contribution >= 4 is 17.8 Å². The standard InChI is InChI=1S/C33H46N2O6/c1-8-10-19-40-30(39)25-24-16-17-33(41-24)26(25)28(37)35(23(20-36)22-14-12-11-13-15-22)27(33)29(38)34(18-9-2)32(6,7)21-31(3,4)5/h8-9,11-15,23-27,36H,1-2,10,16-21H2,3-7H3/t23-,24+,25-,26+,27?,33?/m1/s1. The van der Waals surface area contributed by atoms with Gasteiger partial charge in [0.2, 0.25) is 11.8 Å². The van der Waals surface area contributed by atoms with E-state index in [-0.39, 0.29) is 37.0 Å². The summed E-state index contributed by atoms with van der Waals surface area (Å²) >= 11 is 0. The van der Waals surface area contributed by atoms with E-state index >= 15 is 0 Å². The van der Waals surface area contributed by atoms with Crippen molar-refractivity contribution < 1.29 is 29.0 Å². The van der Waals surface area contributed by atoms with E-state index in [0.29, 0.717) is 31.2 Å². The van der Waals surface area contributed by atoms with Crippen LogP contribution in [0.5, 0.6) is 0 Å². The van der Waals surface area contributed by atoms with E-state index in [1.165, 1.54) is 4.90 Å². The van der Waals surface area contributed by atoms with E-state index in [1.807, 2.05) is 44.2 Å². The van der Waals surface area contributed by atoms with E-state index in [0.717, 1.165) is 0 Å². The summed E-state index contributed by atoms with van der Waals surface area (Å²) in [6.07, 6.45) is 5.09. The maximum atomic E-state index is 14.9. The van der Waals surface area contributed by atoms with Gasteiger partial charge in [0.25, 0.3) is 0 Å². The summed E-state index contributed by atoms with van der Waals surface area (Å²) in [5.74, 6) is -2.79. The molecule has 0 saturated carbocycles. The third-order valence-corrected chi connectivity index (χ3v) is 8.77. The fourth-order valence-corrected chi connectivity index (χ4v) is 7.65. The maximum absolute atomic E-state index is 14.9. The lowest BCUT2D eigenvalue weighted by molar-refractivity contribution is -0.158. The molecule has 8 nitrogen and oxygen atoms in total. The molecular formula is C33H46N2O6. The Balaban J connectivity index is 1.83. The van der Waals surface area contributed by atoms with Crippen LogP contribution in [0, 0.1) is 17.3 Å². The second-order valence-corrected chi connectivity index (χ2v) is 13.4. The summed E-state index contributed by atoms with van der Waals surface area (Å²) in [6.45, 7) is 18.1. The Kier molecular flexibility index (Phi) is 8.86. The van der Waals surface area contributed by atoms with Gasteiger partial charge in [-0.25, -0.2) is 0 Å². The van der Waals surface area contributed by atoms with Crippen molar-refractivity contribution in [3.8, 4) is 0 Å². The molecule has 1 aromatic rings. The summed E-state index contributed by atoms with van der Waals surface area (Å²) in [4.78, 5) is 46.0. The van der Waals surface area contributed by atoms with Gasteiger partial charge in [0.1, 0.15) is 11.6 Å². The third-order valence-electron chi connectivity index (χ3n) is 8.77. The van der Waals surface area contributed by atoms with Crippen molar-refractivity contribution in [1.29, 1.82) is 0 Å². The molecule has 6 atom stereocenters. The average molecular weight is 567 g/mol. The van der Waals surface area contributed by atoms with Crippen molar-refractivity contribution in [3.05, 3.63) is 61.2 Å². The zero-order valence-electron chi connectivity index (χ0n) is 25.2. The Morgan fingerprint density at radius 1 is 1.20 bits per heavy atom. The molecule has 1 aromatic carbocycles. The predicted molar refractivity (Wildman–Crippen MR) is 157 cm³/mol. The Morgan fingerprint density at radius 2 is 1.88 bits per heavy atom. The minimum atomic E-state index is -1.19. The van der Waals surface area contributed by atoms with Gasteiger partial charge in [-0.1, -0.05) is 63.3 Å². The van der Waals surface area contributed by atoms with Crippen LogP contribution in [0.1, 0.15) is 71.9 Å². The van der Waals surface area contributed by atoms with Crippen molar-refractivity contribution in [2.45, 2.75) is 89.6 Å². The number of likely N-dealkylation sites (tertiary alicyclic amines) is 1. The van der Waals surface area contributed by atoms with Gasteiger partial charge in [0.05, 0.1) is 37.2 Å². The topological polar surface area (TPSA) is 96.4 Å². The molecule has 3 saturated heterocycles. The molecule has 2 bridgehead atoms. The lowest BCUT2D eigenvalue weighted by Gasteiger charge is -2.46. The number of hydrogen-bond acceptors (Lipinski definition) is 6. The summed E-state index contributed by atoms with van der Waals surface area (Å²) in [7, 11) is 0. The monoisotopic (exact) mass is 566 g/mol. The molecule has 3 aliphatic rings. The van der Waals surface area contributed by atoms with E-state index in [9.17, 15) is 19.5 Å².